The van der Waals surface area contributed by atoms with E-state index < -0.39 is 11.9 Å². The Balaban J connectivity index is 2.28. The van der Waals surface area contributed by atoms with Crippen molar-refractivity contribution in [3.8, 4) is 0 Å². The summed E-state index contributed by atoms with van der Waals surface area (Å²) < 4.78 is 16.4. The fraction of sp³-hybridized carbons (Fsp3) is 0.667. The van der Waals surface area contributed by atoms with Gasteiger partial charge < -0.3 is 19.9 Å². The number of rotatable bonds is 35. The number of carbonyl (C=O) groups is 3. The second kappa shape index (κ2) is 36.2. The zero-order valence-corrected chi connectivity index (χ0v) is 33.9. The first-order valence-corrected chi connectivity index (χ1v) is 21.1. The van der Waals surface area contributed by atoms with Crippen molar-refractivity contribution in [2.45, 2.75) is 168 Å². The number of ether oxygens (including phenoxy) is 3. The molecule has 0 spiro atoms. The molecule has 0 radical (unpaired) electrons. The van der Waals surface area contributed by atoms with Gasteiger partial charge in [-0.15, -0.1) is 0 Å². The molecule has 0 aliphatic carbocycles. The monoisotopic (exact) mass is 752 g/mol. The molecule has 0 bridgehead atoms. The Hall–Kier alpha value is -3.75. The molecule has 9 heteroatoms. The molecule has 9 nitrogen and oxygen atoms in total. The van der Waals surface area contributed by atoms with Gasteiger partial charge >= 0.3 is 17.9 Å². The van der Waals surface area contributed by atoms with Crippen LogP contribution in [0, 0.1) is 5.92 Å². The minimum absolute atomic E-state index is 0.0123. The number of allylic oxidation sites excluding steroid dienone is 8. The molecule has 54 heavy (non-hydrogen) atoms. The number of hydrogen-bond acceptors (Lipinski definition) is 9. The van der Waals surface area contributed by atoms with Crippen LogP contribution in [0.5, 0.6) is 0 Å². The molecule has 1 heterocycles. The van der Waals surface area contributed by atoms with Crippen molar-refractivity contribution >= 4 is 23.9 Å². The van der Waals surface area contributed by atoms with Gasteiger partial charge in [0.2, 0.25) is 5.95 Å². The predicted octanol–water partition coefficient (Wildman–Crippen LogP) is 11.5. The summed E-state index contributed by atoms with van der Waals surface area (Å²) in [6.07, 6.45) is 45.8. The molecule has 2 N–H and O–H groups in total. The van der Waals surface area contributed by atoms with Crippen molar-refractivity contribution in [1.82, 2.24) is 9.97 Å². The molecule has 1 rings (SSSR count). The van der Waals surface area contributed by atoms with Crippen molar-refractivity contribution in [3.63, 3.8) is 0 Å². The SMILES string of the molecule is CCCCC/C=C\C/C=C\CCCCCCCC(=O)OCC(COC(=O)CCCCCCC/C=C\C/C=C\CCCCC)COC(=O)c1cnc(N)nc1. The Morgan fingerprint density at radius 3 is 1.33 bits per heavy atom. The smallest absolute Gasteiger partial charge is 0.341 e. The van der Waals surface area contributed by atoms with Crippen LogP contribution in [0.25, 0.3) is 0 Å². The molecular formula is C45H73N3O6. The molecule has 0 saturated heterocycles. The summed E-state index contributed by atoms with van der Waals surface area (Å²) in [4.78, 5) is 45.1. The van der Waals surface area contributed by atoms with Crippen LogP contribution >= 0.6 is 0 Å². The maximum absolute atomic E-state index is 12.5. The summed E-state index contributed by atoms with van der Waals surface area (Å²) in [6.45, 7) is 4.35. The highest BCUT2D eigenvalue weighted by atomic mass is 16.6. The van der Waals surface area contributed by atoms with Gasteiger partial charge in [0.15, 0.2) is 0 Å². The molecule has 0 unspecified atom stereocenters. The topological polar surface area (TPSA) is 131 Å². The Kier molecular flexibility index (Phi) is 32.4. The average Bonchev–Trinajstić information content (AvgIpc) is 3.17. The number of unbranched alkanes of at least 4 members (excludes halogenated alkanes) is 16. The number of nitrogen functional groups attached to an aromatic ring is 1. The third-order valence-corrected chi connectivity index (χ3v) is 8.98. The van der Waals surface area contributed by atoms with Crippen LogP contribution < -0.4 is 5.73 Å². The summed E-state index contributed by atoms with van der Waals surface area (Å²) in [5.41, 5.74) is 5.66. The fourth-order valence-electron chi connectivity index (χ4n) is 5.59. The van der Waals surface area contributed by atoms with E-state index >= 15 is 0 Å². The van der Waals surface area contributed by atoms with E-state index in [9.17, 15) is 14.4 Å². The number of hydrogen-bond donors (Lipinski definition) is 1. The van der Waals surface area contributed by atoms with Gasteiger partial charge in [-0.25, -0.2) is 14.8 Å². The van der Waals surface area contributed by atoms with E-state index in [0.29, 0.717) is 12.8 Å². The maximum atomic E-state index is 12.5. The molecule has 0 saturated carbocycles. The van der Waals surface area contributed by atoms with Crippen LogP contribution in [-0.2, 0) is 23.8 Å². The minimum Gasteiger partial charge on any atom is -0.465 e. The van der Waals surface area contributed by atoms with Crippen LogP contribution in [0.3, 0.4) is 0 Å². The van der Waals surface area contributed by atoms with Gasteiger partial charge in [0.25, 0.3) is 0 Å². The number of esters is 3. The summed E-state index contributed by atoms with van der Waals surface area (Å²) in [5.74, 6) is -1.68. The van der Waals surface area contributed by atoms with Gasteiger partial charge in [0.05, 0.1) is 11.5 Å². The average molecular weight is 752 g/mol. The van der Waals surface area contributed by atoms with Gasteiger partial charge in [-0.05, 0) is 77.0 Å². The summed E-state index contributed by atoms with van der Waals surface area (Å²) in [5, 5.41) is 0. The van der Waals surface area contributed by atoms with E-state index in [2.05, 4.69) is 72.4 Å². The van der Waals surface area contributed by atoms with E-state index in [-0.39, 0.29) is 43.3 Å². The van der Waals surface area contributed by atoms with E-state index in [1.165, 1.54) is 63.8 Å². The van der Waals surface area contributed by atoms with Crippen molar-refractivity contribution in [2.24, 2.45) is 5.92 Å². The Morgan fingerprint density at radius 2 is 0.907 bits per heavy atom. The van der Waals surface area contributed by atoms with Gasteiger partial charge in [0.1, 0.15) is 19.8 Å². The number of nitrogens with two attached hydrogens (primary N) is 1. The number of carbonyl (C=O) groups excluding carboxylic acids is 3. The second-order valence-corrected chi connectivity index (χ2v) is 14.1. The van der Waals surface area contributed by atoms with E-state index in [0.717, 1.165) is 89.9 Å². The number of nitrogens with zero attached hydrogens (tertiary/aromatic N) is 2. The van der Waals surface area contributed by atoms with E-state index in [1.54, 1.807) is 0 Å². The first-order chi connectivity index (χ1) is 26.5. The Bertz CT molecular complexity index is 1130. The third kappa shape index (κ3) is 30.7. The molecule has 0 amide bonds. The summed E-state index contributed by atoms with van der Waals surface area (Å²) >= 11 is 0. The van der Waals surface area contributed by atoms with Crippen LogP contribution in [0.2, 0.25) is 0 Å². The lowest BCUT2D eigenvalue weighted by atomic mass is 10.1. The first-order valence-electron chi connectivity index (χ1n) is 21.1. The highest BCUT2D eigenvalue weighted by Gasteiger charge is 2.19. The molecule has 1 aromatic heterocycles. The van der Waals surface area contributed by atoms with Crippen molar-refractivity contribution in [1.29, 1.82) is 0 Å². The van der Waals surface area contributed by atoms with Crippen LogP contribution in [-0.4, -0.2) is 47.7 Å². The van der Waals surface area contributed by atoms with Gasteiger partial charge in [-0.2, -0.15) is 0 Å². The molecule has 304 valence electrons. The molecule has 0 fully saturated rings. The Morgan fingerprint density at radius 1 is 0.537 bits per heavy atom. The largest absolute Gasteiger partial charge is 0.465 e. The van der Waals surface area contributed by atoms with Gasteiger partial charge in [-0.1, -0.05) is 127 Å². The van der Waals surface area contributed by atoms with Crippen molar-refractivity contribution in [3.05, 3.63) is 66.6 Å². The lowest BCUT2D eigenvalue weighted by Crippen LogP contribution is -2.26. The first kappa shape index (κ1) is 48.3. The molecule has 0 aliphatic rings. The standard InChI is InChI=1S/C45H73N3O6/c1-3-5-7-9-11-13-15-17-19-21-23-25-27-29-31-33-42(49)52-37-40(39-54-44(51)41-35-47-45(46)48-36-41)38-53-43(50)34-32-30-28-26-24-22-20-18-16-14-12-10-8-6-4-2/h11-14,17-20,35-36,40H,3-10,15-16,21-34,37-39H2,1-2H3,(H2,46,47,48)/b13-11-,14-12-,19-17-,20-18-. The molecule has 0 aliphatic heterocycles. The fourth-order valence-corrected chi connectivity index (χ4v) is 5.59. The zero-order valence-electron chi connectivity index (χ0n) is 33.9. The molecule has 1 aromatic rings. The Labute approximate surface area is 327 Å². The van der Waals surface area contributed by atoms with E-state index in [4.69, 9.17) is 19.9 Å². The normalized spacial score (nSPS) is 11.8. The van der Waals surface area contributed by atoms with Crippen LogP contribution in [0.1, 0.15) is 178 Å². The van der Waals surface area contributed by atoms with Crippen molar-refractivity contribution < 1.29 is 28.6 Å². The second-order valence-electron chi connectivity index (χ2n) is 14.1. The lowest BCUT2D eigenvalue weighted by Gasteiger charge is -2.17. The quantitative estimate of drug-likeness (QED) is 0.0311. The molecular weight excluding hydrogens is 679 g/mol. The minimum atomic E-state index is -0.632. The predicted molar refractivity (Wildman–Crippen MR) is 221 cm³/mol. The summed E-state index contributed by atoms with van der Waals surface area (Å²) in [7, 11) is 0. The van der Waals surface area contributed by atoms with Gasteiger partial charge in [-0.3, -0.25) is 9.59 Å². The van der Waals surface area contributed by atoms with Crippen LogP contribution in [0.4, 0.5) is 5.95 Å². The van der Waals surface area contributed by atoms with E-state index in [1.807, 2.05) is 0 Å². The zero-order chi connectivity index (χ0) is 39.2. The lowest BCUT2D eigenvalue weighted by molar-refractivity contribution is -0.150. The molecule has 0 aromatic carbocycles. The number of anilines is 1. The van der Waals surface area contributed by atoms with Gasteiger partial charge in [0, 0.05) is 25.2 Å². The highest BCUT2D eigenvalue weighted by molar-refractivity contribution is 5.88. The van der Waals surface area contributed by atoms with Crippen molar-refractivity contribution in [2.75, 3.05) is 25.6 Å². The molecule has 0 atom stereocenters. The highest BCUT2D eigenvalue weighted by Crippen LogP contribution is 2.12. The number of aromatic nitrogens is 2. The third-order valence-electron chi connectivity index (χ3n) is 8.98. The maximum Gasteiger partial charge on any atom is 0.341 e. The van der Waals surface area contributed by atoms with Crippen LogP contribution in [0.15, 0.2) is 61.0 Å². The summed E-state index contributed by atoms with van der Waals surface area (Å²) in [6, 6.07) is 0.